The molecule has 6 heteroatoms. The lowest BCUT2D eigenvalue weighted by atomic mass is 9.83. The molecule has 1 atom stereocenters. The van der Waals surface area contributed by atoms with Crippen LogP contribution in [0.3, 0.4) is 0 Å². The van der Waals surface area contributed by atoms with Gasteiger partial charge in [0, 0.05) is 16.0 Å². The molecule has 1 aromatic carbocycles. The van der Waals surface area contributed by atoms with Crippen molar-refractivity contribution in [3.05, 3.63) is 49.9 Å². The first kappa shape index (κ1) is 21.6. The smallest absolute Gasteiger partial charge is 0.313 e. The van der Waals surface area contributed by atoms with Crippen LogP contribution < -0.4 is 0 Å². The first-order valence-corrected chi connectivity index (χ1v) is 12.0. The van der Waals surface area contributed by atoms with Crippen molar-refractivity contribution in [2.24, 2.45) is 0 Å². The number of hydrogen-bond donors (Lipinski definition) is 0. The number of hydrogen-bond acceptors (Lipinski definition) is 4. The molecule has 1 unspecified atom stereocenters. The van der Waals surface area contributed by atoms with E-state index in [0.717, 1.165) is 46.5 Å². The van der Waals surface area contributed by atoms with Crippen LogP contribution in [0.15, 0.2) is 18.2 Å². The lowest BCUT2D eigenvalue weighted by Gasteiger charge is -2.22. The van der Waals surface area contributed by atoms with Crippen molar-refractivity contribution in [2.75, 3.05) is 7.11 Å². The fraction of sp³-hybridized carbons (Fsp3) is 0.417. The van der Waals surface area contributed by atoms with Gasteiger partial charge >= 0.3 is 5.97 Å². The topological polar surface area (TPSA) is 39.2 Å². The second-order valence-electron chi connectivity index (χ2n) is 7.87. The Morgan fingerprint density at radius 3 is 2.70 bits per heavy atom. The van der Waals surface area contributed by atoms with Crippen LogP contribution in [0.4, 0.5) is 0 Å². The summed E-state index contributed by atoms with van der Waals surface area (Å²) in [6, 6.07) is 5.74. The summed E-state index contributed by atoms with van der Waals surface area (Å²) in [5.74, 6) is -0.577. The van der Waals surface area contributed by atoms with Gasteiger partial charge in [-0.05, 0) is 73.4 Å². The molecule has 0 aliphatic heterocycles. The molecule has 0 saturated carbocycles. The molecule has 2 heterocycles. The summed E-state index contributed by atoms with van der Waals surface area (Å²) in [7, 11) is 1.46. The highest BCUT2D eigenvalue weighted by atomic mass is 35.5. The third-order valence-corrected chi connectivity index (χ3v) is 7.88. The molecule has 0 bridgehead atoms. The molecule has 3 nitrogen and oxygen atoms in total. The lowest BCUT2D eigenvalue weighted by molar-refractivity contribution is -0.142. The predicted molar refractivity (Wildman–Crippen MR) is 126 cm³/mol. The Labute approximate surface area is 191 Å². The number of rotatable bonds is 5. The molecule has 1 aliphatic carbocycles. The second-order valence-corrected chi connectivity index (χ2v) is 9.77. The zero-order chi connectivity index (χ0) is 21.4. The Morgan fingerprint density at radius 1 is 1.23 bits per heavy atom. The summed E-state index contributed by atoms with van der Waals surface area (Å²) in [6.45, 7) is 4.09. The number of thiophene rings is 1. The first-order chi connectivity index (χ1) is 14.5. The van der Waals surface area contributed by atoms with Crippen LogP contribution in [0.2, 0.25) is 10.0 Å². The van der Waals surface area contributed by atoms with E-state index in [4.69, 9.17) is 32.9 Å². The van der Waals surface area contributed by atoms with Crippen LogP contribution in [0, 0.1) is 6.92 Å². The summed E-state index contributed by atoms with van der Waals surface area (Å²) in [6.07, 6.45) is 6.12. The summed E-state index contributed by atoms with van der Waals surface area (Å²) < 4.78 is 5.20. The number of carbonyl (C=O) groups excluding carboxylic acids is 1. The molecular formula is C24H25Cl2NO2S. The number of halogens is 2. The fourth-order valence-corrected chi connectivity index (χ4v) is 6.22. The maximum absolute atomic E-state index is 12.8. The van der Waals surface area contributed by atoms with E-state index in [2.05, 4.69) is 6.92 Å². The number of ether oxygens (including phenoxy) is 1. The Hall–Kier alpha value is -1.62. The number of pyridine rings is 1. The number of carbonyl (C=O) groups is 1. The third-order valence-electron chi connectivity index (χ3n) is 5.95. The van der Waals surface area contributed by atoms with Gasteiger partial charge in [-0.15, -0.1) is 11.3 Å². The van der Waals surface area contributed by atoms with Crippen LogP contribution in [0.1, 0.15) is 60.2 Å². The zero-order valence-corrected chi connectivity index (χ0v) is 19.8. The summed E-state index contributed by atoms with van der Waals surface area (Å²) in [5.41, 5.74) is 5.27. The molecule has 1 aliphatic rings. The van der Waals surface area contributed by atoms with Crippen LogP contribution in [-0.2, 0) is 22.4 Å². The monoisotopic (exact) mass is 461 g/mol. The van der Waals surface area contributed by atoms with Gasteiger partial charge in [0.25, 0.3) is 0 Å². The van der Waals surface area contributed by atoms with E-state index < -0.39 is 0 Å². The van der Waals surface area contributed by atoms with Gasteiger partial charge in [0.2, 0.25) is 0 Å². The number of benzene rings is 1. The molecule has 2 aromatic heterocycles. The highest BCUT2D eigenvalue weighted by Crippen LogP contribution is 2.46. The molecule has 0 N–H and O–H groups in total. The van der Waals surface area contributed by atoms with Gasteiger partial charge in [-0.25, -0.2) is 4.98 Å². The van der Waals surface area contributed by atoms with Gasteiger partial charge in [-0.1, -0.05) is 42.6 Å². The summed E-state index contributed by atoms with van der Waals surface area (Å²) in [4.78, 5) is 20.3. The second kappa shape index (κ2) is 8.86. The summed E-state index contributed by atoms with van der Waals surface area (Å²) >= 11 is 14.4. The molecular weight excluding hydrogens is 437 g/mol. The van der Waals surface area contributed by atoms with Crippen LogP contribution >= 0.6 is 34.5 Å². The van der Waals surface area contributed by atoms with Crippen molar-refractivity contribution in [3.63, 3.8) is 0 Å². The molecule has 0 spiro atoms. The minimum Gasteiger partial charge on any atom is -0.469 e. The van der Waals surface area contributed by atoms with Crippen LogP contribution in [0.25, 0.3) is 21.3 Å². The van der Waals surface area contributed by atoms with Gasteiger partial charge in [-0.3, -0.25) is 4.79 Å². The summed E-state index contributed by atoms with van der Waals surface area (Å²) in [5, 5.41) is 2.21. The van der Waals surface area contributed by atoms with Gasteiger partial charge < -0.3 is 4.74 Å². The highest BCUT2D eigenvalue weighted by molar-refractivity contribution is 7.19. The van der Waals surface area contributed by atoms with Crippen molar-refractivity contribution in [3.8, 4) is 11.1 Å². The molecule has 0 fully saturated rings. The van der Waals surface area contributed by atoms with Crippen LogP contribution in [-0.4, -0.2) is 18.1 Å². The molecule has 158 valence electrons. The Kier molecular flexibility index (Phi) is 6.38. The van der Waals surface area contributed by atoms with Gasteiger partial charge in [0.1, 0.15) is 4.83 Å². The Morgan fingerprint density at radius 2 is 2.00 bits per heavy atom. The van der Waals surface area contributed by atoms with Crippen molar-refractivity contribution in [1.29, 1.82) is 0 Å². The number of aryl methyl sites for hydroxylation is 3. The largest absolute Gasteiger partial charge is 0.469 e. The van der Waals surface area contributed by atoms with E-state index in [-0.39, 0.29) is 11.9 Å². The molecule has 0 radical (unpaired) electrons. The molecule has 3 aromatic rings. The van der Waals surface area contributed by atoms with Gasteiger partial charge in [0.15, 0.2) is 0 Å². The molecule has 0 saturated heterocycles. The minimum absolute atomic E-state index is 0.216. The van der Waals surface area contributed by atoms with E-state index >= 15 is 0 Å². The predicted octanol–water partition coefficient (Wildman–Crippen LogP) is 7.51. The SMILES string of the molecule is CCCC(C(=O)OC)c1c(C)nc2sc3c(c2c1-c1ccc(Cl)c(Cl)c1)CCCC3. The van der Waals surface area contributed by atoms with Crippen molar-refractivity contribution >= 4 is 50.7 Å². The van der Waals surface area contributed by atoms with E-state index in [1.807, 2.05) is 25.1 Å². The van der Waals surface area contributed by atoms with Crippen molar-refractivity contribution in [2.45, 2.75) is 58.3 Å². The molecule has 0 amide bonds. The first-order valence-electron chi connectivity index (χ1n) is 10.4. The Bertz CT molecular complexity index is 1120. The average molecular weight is 462 g/mol. The normalized spacial score (nSPS) is 14.6. The van der Waals surface area contributed by atoms with Gasteiger partial charge in [0.05, 0.1) is 23.1 Å². The number of fused-ring (bicyclic) bond motifs is 3. The minimum atomic E-state index is -0.361. The molecule has 30 heavy (non-hydrogen) atoms. The zero-order valence-electron chi connectivity index (χ0n) is 17.5. The third kappa shape index (κ3) is 3.74. The van der Waals surface area contributed by atoms with Gasteiger partial charge in [-0.2, -0.15) is 0 Å². The molecule has 4 rings (SSSR count). The van der Waals surface area contributed by atoms with E-state index in [1.165, 1.54) is 35.8 Å². The Balaban J connectivity index is 2.10. The lowest BCUT2D eigenvalue weighted by Crippen LogP contribution is -2.17. The number of nitrogens with zero attached hydrogens (tertiary/aromatic N) is 1. The van der Waals surface area contributed by atoms with Crippen LogP contribution in [0.5, 0.6) is 0 Å². The number of aromatic nitrogens is 1. The number of esters is 1. The van der Waals surface area contributed by atoms with E-state index in [1.54, 1.807) is 11.3 Å². The van der Waals surface area contributed by atoms with Crippen molar-refractivity contribution < 1.29 is 9.53 Å². The van der Waals surface area contributed by atoms with E-state index in [9.17, 15) is 4.79 Å². The standard InChI is InChI=1S/C24H25Cl2NO2S/c1-4-7-16(24(28)29-3)20-13(2)27-23-22(15-8-5-6-9-19(15)30-23)21(20)14-10-11-17(25)18(26)12-14/h10-12,16H,4-9H2,1-3H3. The quantitative estimate of drug-likeness (QED) is 0.368. The average Bonchev–Trinajstić information content (AvgIpc) is 3.10. The highest BCUT2D eigenvalue weighted by Gasteiger charge is 2.30. The fourth-order valence-electron chi connectivity index (χ4n) is 4.60. The van der Waals surface area contributed by atoms with E-state index in [0.29, 0.717) is 16.5 Å². The number of methoxy groups -OCH3 is 1. The van der Waals surface area contributed by atoms with Crippen molar-refractivity contribution in [1.82, 2.24) is 4.98 Å². The maximum Gasteiger partial charge on any atom is 0.313 e. The maximum atomic E-state index is 12.8.